The number of sulfonamides is 1. The third-order valence-corrected chi connectivity index (χ3v) is 5.08. The lowest BCUT2D eigenvalue weighted by Gasteiger charge is -2.25. The Bertz CT molecular complexity index is 1020. The Morgan fingerprint density at radius 1 is 0.857 bits per heavy atom. The maximum Gasteiger partial charge on any atom is 0.354 e. The molecule has 0 fully saturated rings. The van der Waals surface area contributed by atoms with Crippen molar-refractivity contribution in [3.8, 4) is 0 Å². The van der Waals surface area contributed by atoms with Crippen molar-refractivity contribution in [1.29, 1.82) is 0 Å². The van der Waals surface area contributed by atoms with Crippen LogP contribution in [-0.2, 0) is 16.4 Å². The second-order valence-electron chi connectivity index (χ2n) is 6.05. The van der Waals surface area contributed by atoms with Crippen molar-refractivity contribution in [2.24, 2.45) is 5.73 Å². The molecule has 3 N–H and O–H groups in total. The number of carbonyl (C=O) groups is 1. The van der Waals surface area contributed by atoms with Crippen LogP contribution in [0, 0.1) is 6.54 Å². The molecule has 0 saturated carbocycles. The van der Waals surface area contributed by atoms with Gasteiger partial charge in [0.05, 0.1) is 6.54 Å². The van der Waals surface area contributed by atoms with Gasteiger partial charge in [-0.15, -0.1) is 0 Å². The summed E-state index contributed by atoms with van der Waals surface area (Å²) in [6.07, 6.45) is 0.728. The lowest BCUT2D eigenvalue weighted by Crippen LogP contribution is -2.28. The van der Waals surface area contributed by atoms with Crippen molar-refractivity contribution in [2.45, 2.75) is 6.42 Å². The summed E-state index contributed by atoms with van der Waals surface area (Å²) in [5.41, 5.74) is 8.13. The molecule has 0 bridgehead atoms. The van der Waals surface area contributed by atoms with Crippen LogP contribution in [0.5, 0.6) is 0 Å². The molecule has 0 saturated heterocycles. The fraction of sp³-hybridized carbons (Fsp3) is 0.0476. The van der Waals surface area contributed by atoms with Crippen LogP contribution in [0.1, 0.15) is 5.56 Å². The van der Waals surface area contributed by atoms with E-state index >= 15 is 0 Å². The SMILES string of the molecule is NC(=O)S(=O)(=O)Nc1ccc(N([CH]Cc2ccccc2)c2ccccc2)cc1. The molecule has 0 aliphatic carbocycles. The third-order valence-electron chi connectivity index (χ3n) is 4.05. The number of hydrogen-bond donors (Lipinski definition) is 2. The number of rotatable bonds is 7. The minimum Gasteiger partial charge on any atom is -0.355 e. The Hall–Kier alpha value is -3.32. The zero-order valence-electron chi connectivity index (χ0n) is 15.0. The van der Waals surface area contributed by atoms with Gasteiger partial charge in [-0.3, -0.25) is 9.52 Å². The highest BCUT2D eigenvalue weighted by Crippen LogP contribution is 2.28. The number of hydrogen-bond acceptors (Lipinski definition) is 4. The van der Waals surface area contributed by atoms with Crippen molar-refractivity contribution in [1.82, 2.24) is 0 Å². The Kier molecular flexibility index (Phi) is 5.96. The van der Waals surface area contributed by atoms with E-state index in [0.717, 1.165) is 17.8 Å². The number of benzene rings is 3. The number of nitrogens with one attached hydrogen (secondary N) is 1. The van der Waals surface area contributed by atoms with E-state index < -0.39 is 15.3 Å². The van der Waals surface area contributed by atoms with Crippen LogP contribution in [-0.4, -0.2) is 13.7 Å². The fourth-order valence-corrected chi connectivity index (χ4v) is 3.20. The van der Waals surface area contributed by atoms with Gasteiger partial charge in [0, 0.05) is 17.1 Å². The number of para-hydroxylation sites is 1. The quantitative estimate of drug-likeness (QED) is 0.632. The van der Waals surface area contributed by atoms with Crippen LogP contribution in [0.25, 0.3) is 0 Å². The summed E-state index contributed by atoms with van der Waals surface area (Å²) in [7, 11) is -4.22. The van der Waals surface area contributed by atoms with E-state index in [1.807, 2.05) is 53.4 Å². The van der Waals surface area contributed by atoms with Gasteiger partial charge in [-0.2, -0.15) is 8.42 Å². The first-order valence-corrected chi connectivity index (χ1v) is 10.1. The summed E-state index contributed by atoms with van der Waals surface area (Å²) in [4.78, 5) is 13.0. The van der Waals surface area contributed by atoms with Crippen LogP contribution in [0.4, 0.5) is 21.9 Å². The van der Waals surface area contributed by atoms with Crippen LogP contribution in [0.15, 0.2) is 84.9 Å². The van der Waals surface area contributed by atoms with Gasteiger partial charge in [-0.05, 0) is 48.4 Å². The van der Waals surface area contributed by atoms with Crippen molar-refractivity contribution in [2.75, 3.05) is 9.62 Å². The monoisotopic (exact) mass is 394 g/mol. The molecule has 0 spiro atoms. The summed E-state index contributed by atoms with van der Waals surface area (Å²) in [6.45, 7) is 2.06. The molecule has 0 aliphatic rings. The predicted molar refractivity (Wildman–Crippen MR) is 112 cm³/mol. The largest absolute Gasteiger partial charge is 0.355 e. The molecule has 3 rings (SSSR count). The maximum atomic E-state index is 11.6. The first-order valence-electron chi connectivity index (χ1n) is 8.59. The highest BCUT2D eigenvalue weighted by molar-refractivity contribution is 8.07. The summed E-state index contributed by atoms with van der Waals surface area (Å²) in [5, 5.41) is -1.42. The standard InChI is InChI=1S/C21H20N3O3S/c22-21(25)28(26,27)23-18-11-13-20(14-12-18)24(19-9-5-2-6-10-19)16-15-17-7-3-1-4-8-17/h1-14,16,23H,15H2,(H2,22,25). The summed E-state index contributed by atoms with van der Waals surface area (Å²) in [6, 6.07) is 26.6. The second kappa shape index (κ2) is 8.58. The van der Waals surface area contributed by atoms with Crippen molar-refractivity contribution < 1.29 is 13.2 Å². The first-order chi connectivity index (χ1) is 13.5. The Morgan fingerprint density at radius 2 is 1.39 bits per heavy atom. The van der Waals surface area contributed by atoms with E-state index in [9.17, 15) is 13.2 Å². The highest BCUT2D eigenvalue weighted by Gasteiger charge is 2.18. The Morgan fingerprint density at radius 3 is 1.96 bits per heavy atom. The van der Waals surface area contributed by atoms with Crippen LogP contribution < -0.4 is 15.4 Å². The van der Waals surface area contributed by atoms with Crippen LogP contribution >= 0.6 is 0 Å². The van der Waals surface area contributed by atoms with Crippen molar-refractivity contribution in [3.05, 3.63) is 97.0 Å². The van der Waals surface area contributed by atoms with Gasteiger partial charge in [0.15, 0.2) is 0 Å². The molecule has 7 heteroatoms. The minimum absolute atomic E-state index is 0.263. The Labute approximate surface area is 164 Å². The number of amides is 1. The van der Waals surface area contributed by atoms with E-state index in [1.54, 1.807) is 24.3 Å². The zero-order valence-corrected chi connectivity index (χ0v) is 15.8. The van der Waals surface area contributed by atoms with Crippen LogP contribution in [0.3, 0.4) is 0 Å². The van der Waals surface area contributed by atoms with Gasteiger partial charge >= 0.3 is 15.3 Å². The number of primary amides is 1. The number of nitrogens with zero attached hydrogens (tertiary/aromatic N) is 1. The lowest BCUT2D eigenvalue weighted by molar-refractivity contribution is 0.265. The van der Waals surface area contributed by atoms with E-state index in [2.05, 4.69) is 23.4 Å². The molecule has 3 aromatic rings. The number of carbonyl (C=O) groups excluding carboxylic acids is 1. The minimum atomic E-state index is -4.22. The van der Waals surface area contributed by atoms with Gasteiger partial charge in [0.2, 0.25) is 0 Å². The topological polar surface area (TPSA) is 92.5 Å². The Balaban J connectivity index is 1.83. The van der Waals surface area contributed by atoms with Gasteiger partial charge < -0.3 is 10.6 Å². The summed E-state index contributed by atoms with van der Waals surface area (Å²) < 4.78 is 25.3. The van der Waals surface area contributed by atoms with Gasteiger partial charge in [0.25, 0.3) is 0 Å². The number of anilines is 3. The predicted octanol–water partition coefficient (Wildman–Crippen LogP) is 4.05. The summed E-state index contributed by atoms with van der Waals surface area (Å²) in [5.74, 6) is 0. The lowest BCUT2D eigenvalue weighted by atomic mass is 10.1. The van der Waals surface area contributed by atoms with E-state index in [1.165, 1.54) is 5.56 Å². The molecule has 0 unspecified atom stereocenters. The van der Waals surface area contributed by atoms with Gasteiger partial charge in [-0.25, -0.2) is 0 Å². The molecule has 28 heavy (non-hydrogen) atoms. The molecular weight excluding hydrogens is 374 g/mol. The summed E-state index contributed by atoms with van der Waals surface area (Å²) >= 11 is 0. The first kappa shape index (κ1) is 19.4. The number of nitrogens with two attached hydrogens (primary N) is 1. The maximum absolute atomic E-state index is 11.6. The average molecular weight is 394 g/mol. The van der Waals surface area contributed by atoms with Gasteiger partial charge in [0.1, 0.15) is 0 Å². The smallest absolute Gasteiger partial charge is 0.354 e. The molecule has 0 aliphatic heterocycles. The fourth-order valence-electron chi connectivity index (χ4n) is 2.65. The molecule has 0 atom stereocenters. The average Bonchev–Trinajstić information content (AvgIpc) is 2.70. The molecule has 0 heterocycles. The molecule has 1 radical (unpaired) electrons. The molecule has 6 nitrogen and oxygen atoms in total. The molecule has 0 aromatic heterocycles. The van der Waals surface area contributed by atoms with Crippen LogP contribution in [0.2, 0.25) is 0 Å². The zero-order chi connectivity index (χ0) is 20.0. The van der Waals surface area contributed by atoms with E-state index in [0.29, 0.717) is 0 Å². The van der Waals surface area contributed by atoms with E-state index in [-0.39, 0.29) is 5.69 Å². The van der Waals surface area contributed by atoms with Gasteiger partial charge in [-0.1, -0.05) is 48.5 Å². The normalized spacial score (nSPS) is 11.0. The molecule has 3 aromatic carbocycles. The van der Waals surface area contributed by atoms with Crippen molar-refractivity contribution >= 4 is 32.3 Å². The molecular formula is C21H20N3O3S. The second-order valence-corrected chi connectivity index (χ2v) is 7.66. The molecule has 1 amide bonds. The highest BCUT2D eigenvalue weighted by atomic mass is 32.2. The van der Waals surface area contributed by atoms with Crippen molar-refractivity contribution in [3.63, 3.8) is 0 Å². The molecule has 143 valence electrons. The van der Waals surface area contributed by atoms with E-state index in [4.69, 9.17) is 5.73 Å². The third kappa shape index (κ3) is 4.89.